The van der Waals surface area contributed by atoms with Gasteiger partial charge in [-0.15, -0.1) is 0 Å². The maximum atomic E-state index is 12.5. The first-order valence-corrected chi connectivity index (χ1v) is 8.18. The van der Waals surface area contributed by atoms with Gasteiger partial charge in [0.05, 0.1) is 17.5 Å². The molecule has 126 valence electrons. The average molecular weight is 334 g/mol. The van der Waals surface area contributed by atoms with Crippen molar-refractivity contribution in [3.63, 3.8) is 0 Å². The van der Waals surface area contributed by atoms with Crippen LogP contribution in [0.1, 0.15) is 23.6 Å². The van der Waals surface area contributed by atoms with Gasteiger partial charge in [0.1, 0.15) is 6.04 Å². The lowest BCUT2D eigenvalue weighted by molar-refractivity contribution is -0.123. The number of carbonyl (C=O) groups excluding carboxylic acids is 2. The Kier molecular flexibility index (Phi) is 3.53. The van der Waals surface area contributed by atoms with E-state index in [9.17, 15) is 9.59 Å². The van der Waals surface area contributed by atoms with E-state index in [0.717, 1.165) is 22.3 Å². The van der Waals surface area contributed by atoms with E-state index in [1.807, 2.05) is 56.3 Å². The molecule has 1 aliphatic heterocycles. The lowest BCUT2D eigenvalue weighted by Crippen LogP contribution is -2.23. The molecule has 1 aromatic heterocycles. The van der Waals surface area contributed by atoms with Gasteiger partial charge in [-0.2, -0.15) is 0 Å². The van der Waals surface area contributed by atoms with Crippen molar-refractivity contribution in [3.05, 3.63) is 53.6 Å². The quantitative estimate of drug-likeness (QED) is 0.772. The summed E-state index contributed by atoms with van der Waals surface area (Å²) in [5, 5.41) is 5.63. The molecule has 1 aliphatic rings. The Labute approximate surface area is 144 Å². The number of carbonyl (C=O) groups is 2. The number of hydrogen-bond acceptors (Lipinski definition) is 3. The van der Waals surface area contributed by atoms with Crippen LogP contribution in [0.25, 0.3) is 11.0 Å². The fourth-order valence-corrected chi connectivity index (χ4v) is 3.15. The Morgan fingerprint density at radius 1 is 1.20 bits per heavy atom. The highest BCUT2D eigenvalue weighted by Gasteiger charge is 2.34. The van der Waals surface area contributed by atoms with Crippen LogP contribution in [0.4, 0.5) is 11.6 Å². The molecule has 2 aromatic carbocycles. The summed E-state index contributed by atoms with van der Waals surface area (Å²) in [6, 6.07) is 12.8. The Bertz CT molecular complexity index is 1010. The molecule has 0 unspecified atom stereocenters. The van der Waals surface area contributed by atoms with Crippen LogP contribution in [-0.2, 0) is 9.59 Å². The first kappa shape index (κ1) is 15.4. The zero-order valence-corrected chi connectivity index (χ0v) is 14.0. The van der Waals surface area contributed by atoms with E-state index in [1.165, 1.54) is 5.56 Å². The van der Waals surface area contributed by atoms with Gasteiger partial charge in [-0.05, 0) is 49.2 Å². The summed E-state index contributed by atoms with van der Waals surface area (Å²) in [7, 11) is 0. The molecule has 0 aliphatic carbocycles. The van der Waals surface area contributed by atoms with Crippen LogP contribution in [0, 0.1) is 13.8 Å². The van der Waals surface area contributed by atoms with Crippen molar-refractivity contribution in [2.75, 3.05) is 10.6 Å². The summed E-state index contributed by atoms with van der Waals surface area (Å²) in [6.45, 7) is 4.02. The van der Waals surface area contributed by atoms with Gasteiger partial charge in [-0.1, -0.05) is 18.2 Å². The molecule has 0 spiro atoms. The standard InChI is InChI=1S/C19H18N4O2/c1-11-7-8-13(9-12(11)2)20-17(24)10-16-18(25)22-19-21-14-5-3-4-6-15(14)23(16)19/h3-9,16H,10H2,1-2H3,(H,20,24)(H,21,22,25)/t16-/m1/s1. The van der Waals surface area contributed by atoms with Gasteiger partial charge in [-0.25, -0.2) is 4.98 Å². The highest BCUT2D eigenvalue weighted by molar-refractivity contribution is 6.03. The van der Waals surface area contributed by atoms with Crippen LogP contribution >= 0.6 is 0 Å². The predicted molar refractivity (Wildman–Crippen MR) is 96.6 cm³/mol. The molecule has 2 heterocycles. The molecule has 1 atom stereocenters. The van der Waals surface area contributed by atoms with Gasteiger partial charge in [0.2, 0.25) is 17.8 Å². The Morgan fingerprint density at radius 3 is 2.80 bits per heavy atom. The second kappa shape index (κ2) is 5.73. The summed E-state index contributed by atoms with van der Waals surface area (Å²) < 4.78 is 1.80. The fraction of sp³-hybridized carbons (Fsp3) is 0.211. The van der Waals surface area contributed by atoms with Crippen molar-refractivity contribution in [1.29, 1.82) is 0 Å². The minimum atomic E-state index is -0.589. The molecule has 0 bridgehead atoms. The maximum absolute atomic E-state index is 12.5. The molecule has 2 N–H and O–H groups in total. The zero-order chi connectivity index (χ0) is 17.6. The van der Waals surface area contributed by atoms with Gasteiger partial charge >= 0.3 is 0 Å². The minimum Gasteiger partial charge on any atom is -0.326 e. The molecule has 6 nitrogen and oxygen atoms in total. The third-order valence-corrected chi connectivity index (χ3v) is 4.61. The van der Waals surface area contributed by atoms with Crippen LogP contribution in [0.2, 0.25) is 0 Å². The van der Waals surface area contributed by atoms with Crippen LogP contribution < -0.4 is 10.6 Å². The number of imidazole rings is 1. The number of aryl methyl sites for hydroxylation is 2. The van der Waals surface area contributed by atoms with Crippen molar-refractivity contribution in [3.8, 4) is 0 Å². The van der Waals surface area contributed by atoms with E-state index in [-0.39, 0.29) is 18.2 Å². The number of anilines is 2. The number of nitrogens with zero attached hydrogens (tertiary/aromatic N) is 2. The molecule has 3 aromatic rings. The molecule has 2 amide bonds. The molecule has 25 heavy (non-hydrogen) atoms. The fourth-order valence-electron chi connectivity index (χ4n) is 3.15. The molecule has 0 radical (unpaired) electrons. The zero-order valence-electron chi connectivity index (χ0n) is 14.0. The van der Waals surface area contributed by atoms with Gasteiger partial charge in [-0.3, -0.25) is 19.5 Å². The first-order chi connectivity index (χ1) is 12.0. The third kappa shape index (κ3) is 2.65. The summed E-state index contributed by atoms with van der Waals surface area (Å²) in [5.74, 6) is 0.0905. The van der Waals surface area contributed by atoms with Gasteiger partial charge in [0.25, 0.3) is 0 Å². The summed E-state index contributed by atoms with van der Waals surface area (Å²) in [4.78, 5) is 29.1. The van der Waals surface area contributed by atoms with Crippen molar-refractivity contribution in [1.82, 2.24) is 9.55 Å². The van der Waals surface area contributed by atoms with Crippen molar-refractivity contribution < 1.29 is 9.59 Å². The topological polar surface area (TPSA) is 76.0 Å². The first-order valence-electron chi connectivity index (χ1n) is 8.18. The molecule has 6 heteroatoms. The molecule has 4 rings (SSSR count). The van der Waals surface area contributed by atoms with Crippen molar-refractivity contribution >= 4 is 34.5 Å². The Balaban J connectivity index is 1.57. The molecule has 0 fully saturated rings. The monoisotopic (exact) mass is 334 g/mol. The third-order valence-electron chi connectivity index (χ3n) is 4.61. The Hall–Kier alpha value is -3.15. The number of nitrogens with one attached hydrogen (secondary N) is 2. The van der Waals surface area contributed by atoms with E-state index >= 15 is 0 Å². The number of aromatic nitrogens is 2. The summed E-state index contributed by atoms with van der Waals surface area (Å²) >= 11 is 0. The predicted octanol–water partition coefficient (Wildman–Crippen LogP) is 3.18. The van der Waals surface area contributed by atoms with E-state index in [2.05, 4.69) is 15.6 Å². The number of rotatable bonds is 3. The SMILES string of the molecule is Cc1ccc(NC(=O)C[C@@H]2C(=O)Nc3nc4ccccc4n32)cc1C. The second-order valence-corrected chi connectivity index (χ2v) is 6.35. The highest BCUT2D eigenvalue weighted by atomic mass is 16.2. The summed E-state index contributed by atoms with van der Waals surface area (Å²) in [6.07, 6.45) is 0.0616. The Morgan fingerprint density at radius 2 is 2.00 bits per heavy atom. The summed E-state index contributed by atoms with van der Waals surface area (Å²) in [5.41, 5.74) is 4.67. The minimum absolute atomic E-state index is 0.0616. The molecule has 0 saturated heterocycles. The van der Waals surface area contributed by atoms with Crippen molar-refractivity contribution in [2.24, 2.45) is 0 Å². The highest BCUT2D eigenvalue weighted by Crippen LogP contribution is 2.32. The van der Waals surface area contributed by atoms with Crippen LogP contribution in [-0.4, -0.2) is 21.4 Å². The van der Waals surface area contributed by atoms with Crippen LogP contribution in [0.15, 0.2) is 42.5 Å². The van der Waals surface area contributed by atoms with Gasteiger partial charge < -0.3 is 5.32 Å². The van der Waals surface area contributed by atoms with Gasteiger partial charge in [0.15, 0.2) is 0 Å². The van der Waals surface area contributed by atoms with Crippen LogP contribution in [0.3, 0.4) is 0 Å². The molecular weight excluding hydrogens is 316 g/mol. The second-order valence-electron chi connectivity index (χ2n) is 6.35. The average Bonchev–Trinajstić information content (AvgIpc) is 3.07. The van der Waals surface area contributed by atoms with E-state index in [1.54, 1.807) is 4.57 Å². The number of amides is 2. The number of benzene rings is 2. The number of para-hydroxylation sites is 2. The van der Waals surface area contributed by atoms with E-state index < -0.39 is 6.04 Å². The lowest BCUT2D eigenvalue weighted by atomic mass is 10.1. The smallest absolute Gasteiger partial charge is 0.250 e. The van der Waals surface area contributed by atoms with E-state index in [4.69, 9.17) is 0 Å². The molecular formula is C19H18N4O2. The maximum Gasteiger partial charge on any atom is 0.250 e. The normalized spacial score (nSPS) is 15.9. The van der Waals surface area contributed by atoms with Crippen LogP contribution in [0.5, 0.6) is 0 Å². The van der Waals surface area contributed by atoms with E-state index in [0.29, 0.717) is 5.95 Å². The largest absolute Gasteiger partial charge is 0.326 e. The lowest BCUT2D eigenvalue weighted by Gasteiger charge is -2.12. The van der Waals surface area contributed by atoms with Crippen molar-refractivity contribution in [2.45, 2.75) is 26.3 Å². The molecule has 0 saturated carbocycles. The number of fused-ring (bicyclic) bond motifs is 3. The van der Waals surface area contributed by atoms with Gasteiger partial charge in [0, 0.05) is 5.69 Å². The number of hydrogen-bond donors (Lipinski definition) is 2.